The monoisotopic (exact) mass is 308 g/mol. The molecule has 2 rings (SSSR count). The third-order valence-corrected chi connectivity index (χ3v) is 4.62. The molecule has 0 bridgehead atoms. The molecule has 1 saturated heterocycles. The first-order chi connectivity index (χ1) is 10.2. The van der Waals surface area contributed by atoms with E-state index in [-0.39, 0.29) is 0 Å². The zero-order valence-electron chi connectivity index (χ0n) is 13.4. The molecule has 0 saturated carbocycles. The lowest BCUT2D eigenvalue weighted by molar-refractivity contribution is 0.255. The molecule has 1 aliphatic heterocycles. The van der Waals surface area contributed by atoms with Gasteiger partial charge in [0.15, 0.2) is 5.96 Å². The first-order valence-electron chi connectivity index (χ1n) is 8.03. The van der Waals surface area contributed by atoms with Gasteiger partial charge in [-0.3, -0.25) is 9.89 Å². The molecule has 21 heavy (non-hydrogen) atoms. The van der Waals surface area contributed by atoms with Crippen LogP contribution >= 0.6 is 11.3 Å². The highest BCUT2D eigenvalue weighted by molar-refractivity contribution is 7.10. The molecule has 0 spiro atoms. The van der Waals surface area contributed by atoms with Crippen LogP contribution in [0.15, 0.2) is 22.5 Å². The van der Waals surface area contributed by atoms with E-state index in [4.69, 9.17) is 4.99 Å². The molecule has 0 aliphatic carbocycles. The van der Waals surface area contributed by atoms with Crippen LogP contribution in [0.1, 0.15) is 44.5 Å². The lowest BCUT2D eigenvalue weighted by Crippen LogP contribution is -2.41. The van der Waals surface area contributed by atoms with E-state index in [0.29, 0.717) is 12.1 Å². The van der Waals surface area contributed by atoms with Gasteiger partial charge >= 0.3 is 0 Å². The van der Waals surface area contributed by atoms with Crippen LogP contribution < -0.4 is 10.6 Å². The largest absolute Gasteiger partial charge is 0.357 e. The van der Waals surface area contributed by atoms with Gasteiger partial charge in [-0.2, -0.15) is 0 Å². The number of nitrogens with one attached hydrogen (secondary N) is 2. The van der Waals surface area contributed by atoms with Crippen LogP contribution in [0.4, 0.5) is 0 Å². The predicted molar refractivity (Wildman–Crippen MR) is 92.1 cm³/mol. The maximum Gasteiger partial charge on any atom is 0.191 e. The minimum Gasteiger partial charge on any atom is -0.357 e. The summed E-state index contributed by atoms with van der Waals surface area (Å²) < 4.78 is 0. The molecule has 1 atom stereocenters. The van der Waals surface area contributed by atoms with Crippen LogP contribution in [0.2, 0.25) is 0 Å². The van der Waals surface area contributed by atoms with Crippen LogP contribution in [-0.2, 0) is 0 Å². The van der Waals surface area contributed by atoms with Crippen molar-refractivity contribution >= 4 is 17.3 Å². The third kappa shape index (κ3) is 5.00. The normalized spacial score (nSPS) is 18.2. The average Bonchev–Trinajstić information content (AvgIpc) is 3.11. The summed E-state index contributed by atoms with van der Waals surface area (Å²) in [5, 5.41) is 8.89. The fourth-order valence-electron chi connectivity index (χ4n) is 2.69. The van der Waals surface area contributed by atoms with Crippen molar-refractivity contribution in [2.24, 2.45) is 4.99 Å². The maximum absolute atomic E-state index is 4.81. The molecule has 1 unspecified atom stereocenters. The highest BCUT2D eigenvalue weighted by Gasteiger charge is 2.24. The van der Waals surface area contributed by atoms with Crippen molar-refractivity contribution < 1.29 is 0 Å². The highest BCUT2D eigenvalue weighted by atomic mass is 32.1. The number of hydrogen-bond donors (Lipinski definition) is 2. The molecular weight excluding hydrogens is 280 g/mol. The summed E-state index contributed by atoms with van der Waals surface area (Å²) >= 11 is 1.85. The van der Waals surface area contributed by atoms with E-state index in [1.807, 2.05) is 11.3 Å². The van der Waals surface area contributed by atoms with E-state index in [1.54, 1.807) is 0 Å². The predicted octanol–water partition coefficient (Wildman–Crippen LogP) is 2.85. The van der Waals surface area contributed by atoms with Gasteiger partial charge in [-0.05, 0) is 58.1 Å². The number of nitrogens with zero attached hydrogens (tertiary/aromatic N) is 2. The summed E-state index contributed by atoms with van der Waals surface area (Å²) in [5.74, 6) is 0.924. The Morgan fingerprint density at radius 3 is 2.71 bits per heavy atom. The van der Waals surface area contributed by atoms with Crippen molar-refractivity contribution in [3.8, 4) is 0 Å². The van der Waals surface area contributed by atoms with Gasteiger partial charge in [0, 0.05) is 17.5 Å². The van der Waals surface area contributed by atoms with Gasteiger partial charge in [-0.1, -0.05) is 6.07 Å². The number of likely N-dealkylation sites (tertiary alicyclic amines) is 1. The Balaban J connectivity index is 2.06. The molecule has 5 heteroatoms. The molecule has 4 nitrogen and oxygen atoms in total. The summed E-state index contributed by atoms with van der Waals surface area (Å²) in [5.41, 5.74) is 0. The molecule has 1 aromatic rings. The van der Waals surface area contributed by atoms with Crippen LogP contribution in [0.25, 0.3) is 0 Å². The van der Waals surface area contributed by atoms with Gasteiger partial charge in [0.25, 0.3) is 0 Å². The maximum atomic E-state index is 4.81. The first kappa shape index (κ1) is 16.3. The fourth-order valence-corrected chi connectivity index (χ4v) is 3.54. The Morgan fingerprint density at radius 1 is 1.38 bits per heavy atom. The van der Waals surface area contributed by atoms with E-state index >= 15 is 0 Å². The Kier molecular flexibility index (Phi) is 6.51. The quantitative estimate of drug-likeness (QED) is 0.627. The van der Waals surface area contributed by atoms with Crippen molar-refractivity contribution in [3.05, 3.63) is 22.4 Å². The second kappa shape index (κ2) is 8.39. The summed E-state index contributed by atoms with van der Waals surface area (Å²) in [4.78, 5) is 8.82. The average molecular weight is 308 g/mol. The van der Waals surface area contributed by atoms with Crippen LogP contribution in [0.3, 0.4) is 0 Å². The highest BCUT2D eigenvalue weighted by Crippen LogP contribution is 2.28. The third-order valence-electron chi connectivity index (χ3n) is 3.64. The van der Waals surface area contributed by atoms with Crippen molar-refractivity contribution in [3.63, 3.8) is 0 Å². The standard InChI is InChI=1S/C16H28N4S/c1-4-17-16(19-13(2)3)18-12-14(15-8-7-11-21-15)20-9-5-6-10-20/h7-8,11,13-14H,4-6,9-10,12H2,1-3H3,(H2,17,18,19). The number of aliphatic imine (C=N–C) groups is 1. The minimum absolute atomic E-state index is 0.398. The molecule has 1 aromatic heterocycles. The second-order valence-electron chi connectivity index (χ2n) is 5.79. The molecule has 2 heterocycles. The summed E-state index contributed by atoms with van der Waals surface area (Å²) in [6.45, 7) is 10.5. The molecule has 2 N–H and O–H groups in total. The van der Waals surface area contributed by atoms with Gasteiger partial charge in [0.1, 0.15) is 0 Å². The van der Waals surface area contributed by atoms with Gasteiger partial charge in [-0.15, -0.1) is 11.3 Å². The van der Waals surface area contributed by atoms with E-state index in [0.717, 1.165) is 19.0 Å². The minimum atomic E-state index is 0.398. The van der Waals surface area contributed by atoms with Crippen LogP contribution in [0.5, 0.6) is 0 Å². The van der Waals surface area contributed by atoms with Crippen molar-refractivity contribution in [2.45, 2.75) is 45.7 Å². The molecule has 0 amide bonds. The van der Waals surface area contributed by atoms with Gasteiger partial charge in [0.2, 0.25) is 0 Å². The summed E-state index contributed by atoms with van der Waals surface area (Å²) in [6, 6.07) is 5.21. The van der Waals surface area contributed by atoms with Gasteiger partial charge in [-0.25, -0.2) is 0 Å². The van der Waals surface area contributed by atoms with Crippen LogP contribution in [-0.4, -0.2) is 43.1 Å². The molecule has 0 aromatic carbocycles. The Bertz CT molecular complexity index is 421. The van der Waals surface area contributed by atoms with E-state index < -0.39 is 0 Å². The Labute approximate surface area is 132 Å². The Hall–Kier alpha value is -1.07. The number of rotatable bonds is 6. The lowest BCUT2D eigenvalue weighted by atomic mass is 10.2. The van der Waals surface area contributed by atoms with Gasteiger partial charge < -0.3 is 10.6 Å². The Morgan fingerprint density at radius 2 is 2.14 bits per heavy atom. The van der Waals surface area contributed by atoms with E-state index in [9.17, 15) is 0 Å². The molecule has 0 radical (unpaired) electrons. The van der Waals surface area contributed by atoms with Crippen molar-refractivity contribution in [1.82, 2.24) is 15.5 Å². The van der Waals surface area contributed by atoms with Gasteiger partial charge in [0.05, 0.1) is 12.6 Å². The molecular formula is C16H28N4S. The first-order valence-corrected chi connectivity index (χ1v) is 8.91. The second-order valence-corrected chi connectivity index (χ2v) is 6.77. The zero-order chi connectivity index (χ0) is 15.1. The number of guanidine groups is 1. The lowest BCUT2D eigenvalue weighted by Gasteiger charge is -2.25. The summed E-state index contributed by atoms with van der Waals surface area (Å²) in [7, 11) is 0. The smallest absolute Gasteiger partial charge is 0.191 e. The van der Waals surface area contributed by atoms with Crippen molar-refractivity contribution in [2.75, 3.05) is 26.2 Å². The van der Waals surface area contributed by atoms with Crippen molar-refractivity contribution in [1.29, 1.82) is 0 Å². The summed E-state index contributed by atoms with van der Waals surface area (Å²) in [6.07, 6.45) is 2.63. The SMILES string of the molecule is CCNC(=NCC(c1cccs1)N1CCCC1)NC(C)C. The zero-order valence-corrected chi connectivity index (χ0v) is 14.2. The molecule has 1 fully saturated rings. The van der Waals surface area contributed by atoms with Crippen LogP contribution in [0, 0.1) is 0 Å². The van der Waals surface area contributed by atoms with E-state index in [2.05, 4.69) is 53.8 Å². The molecule has 118 valence electrons. The molecule has 1 aliphatic rings. The number of thiophene rings is 1. The fraction of sp³-hybridized carbons (Fsp3) is 0.688. The number of hydrogen-bond acceptors (Lipinski definition) is 3. The topological polar surface area (TPSA) is 39.7 Å². The van der Waals surface area contributed by atoms with E-state index in [1.165, 1.54) is 30.8 Å².